The Labute approximate surface area is 130 Å². The molecule has 0 unspecified atom stereocenters. The van der Waals surface area contributed by atoms with Crippen LogP contribution in [0.15, 0.2) is 63.1 Å². The molecule has 6 heteroatoms. The van der Waals surface area contributed by atoms with Gasteiger partial charge in [-0.05, 0) is 18.6 Å². The maximum Gasteiger partial charge on any atom is 0.293 e. The molecule has 3 rings (SSSR count). The van der Waals surface area contributed by atoms with Crippen molar-refractivity contribution in [2.45, 2.75) is 16.7 Å². The lowest BCUT2D eigenvalue weighted by Crippen LogP contribution is -2.06. The standard InChI is InChI=1S/C16H12N2O3S/c1-10-5-2-3-8-13(10)22-14-9-15(19)17-16-11(14)6-4-7-12(16)18(20)21/h2-9H,1H3,(H,17,19). The first kappa shape index (κ1) is 14.3. The number of nitrogens with one attached hydrogen (secondary N) is 1. The Bertz CT molecular complexity index is 934. The topological polar surface area (TPSA) is 76.0 Å². The lowest BCUT2D eigenvalue weighted by Gasteiger charge is -2.08. The molecule has 0 saturated heterocycles. The number of para-hydroxylation sites is 1. The molecule has 1 N–H and O–H groups in total. The van der Waals surface area contributed by atoms with Crippen LogP contribution in [0, 0.1) is 17.0 Å². The molecular formula is C16H12N2O3S. The largest absolute Gasteiger partial charge is 0.316 e. The zero-order valence-electron chi connectivity index (χ0n) is 11.7. The van der Waals surface area contributed by atoms with E-state index in [2.05, 4.69) is 4.98 Å². The first-order valence-corrected chi connectivity index (χ1v) is 7.42. The van der Waals surface area contributed by atoms with Crippen LogP contribution in [-0.2, 0) is 0 Å². The third kappa shape index (κ3) is 2.60. The zero-order valence-corrected chi connectivity index (χ0v) is 12.5. The van der Waals surface area contributed by atoms with Gasteiger partial charge in [0, 0.05) is 27.3 Å². The fourth-order valence-electron chi connectivity index (χ4n) is 2.26. The molecule has 0 aliphatic rings. The number of hydrogen-bond donors (Lipinski definition) is 1. The third-order valence-corrected chi connectivity index (χ3v) is 4.56. The van der Waals surface area contributed by atoms with Gasteiger partial charge in [-0.25, -0.2) is 0 Å². The summed E-state index contributed by atoms with van der Waals surface area (Å²) in [6.07, 6.45) is 0. The van der Waals surface area contributed by atoms with E-state index in [0.717, 1.165) is 10.5 Å². The van der Waals surface area contributed by atoms with Crippen molar-refractivity contribution in [3.8, 4) is 0 Å². The van der Waals surface area contributed by atoms with Gasteiger partial charge in [0.1, 0.15) is 5.52 Å². The molecule has 0 bridgehead atoms. The van der Waals surface area contributed by atoms with Crippen molar-refractivity contribution in [2.24, 2.45) is 0 Å². The van der Waals surface area contributed by atoms with Crippen LogP contribution in [0.5, 0.6) is 0 Å². The number of hydrogen-bond acceptors (Lipinski definition) is 4. The lowest BCUT2D eigenvalue weighted by atomic mass is 10.2. The minimum atomic E-state index is -0.486. The van der Waals surface area contributed by atoms with Crippen LogP contribution < -0.4 is 5.56 Å². The number of nitro benzene ring substituents is 1. The van der Waals surface area contributed by atoms with Crippen molar-refractivity contribution in [3.05, 3.63) is 74.6 Å². The van der Waals surface area contributed by atoms with Crippen molar-refractivity contribution in [1.82, 2.24) is 4.98 Å². The predicted octanol–water partition coefficient (Wildman–Crippen LogP) is 3.90. The minimum Gasteiger partial charge on any atom is -0.316 e. The molecule has 5 nitrogen and oxygen atoms in total. The molecule has 0 aliphatic carbocycles. The second kappa shape index (κ2) is 5.65. The zero-order chi connectivity index (χ0) is 15.7. The molecule has 3 aromatic rings. The lowest BCUT2D eigenvalue weighted by molar-refractivity contribution is -0.383. The number of nitro groups is 1. The second-order valence-electron chi connectivity index (χ2n) is 4.82. The van der Waals surface area contributed by atoms with E-state index in [1.807, 2.05) is 31.2 Å². The first-order valence-electron chi connectivity index (χ1n) is 6.60. The SMILES string of the molecule is Cc1ccccc1Sc1cc(=O)[nH]c2c([N+](=O)[O-])cccc12. The van der Waals surface area contributed by atoms with Gasteiger partial charge in [-0.15, -0.1) is 0 Å². The van der Waals surface area contributed by atoms with Crippen molar-refractivity contribution in [1.29, 1.82) is 0 Å². The summed E-state index contributed by atoms with van der Waals surface area (Å²) >= 11 is 1.44. The van der Waals surface area contributed by atoms with E-state index < -0.39 is 4.92 Å². The van der Waals surface area contributed by atoms with Crippen molar-refractivity contribution in [2.75, 3.05) is 0 Å². The van der Waals surface area contributed by atoms with Crippen LogP contribution in [0.3, 0.4) is 0 Å². The van der Waals surface area contributed by atoms with Gasteiger partial charge in [0.05, 0.1) is 4.92 Å². The fourth-order valence-corrected chi connectivity index (χ4v) is 3.32. The van der Waals surface area contributed by atoms with Crippen LogP contribution >= 0.6 is 11.8 Å². The molecule has 0 atom stereocenters. The first-order chi connectivity index (χ1) is 10.6. The van der Waals surface area contributed by atoms with Gasteiger partial charge in [0.15, 0.2) is 0 Å². The number of fused-ring (bicyclic) bond motifs is 1. The molecule has 2 aromatic carbocycles. The number of rotatable bonds is 3. The number of aromatic amines is 1. The van der Waals surface area contributed by atoms with E-state index in [0.29, 0.717) is 10.3 Å². The van der Waals surface area contributed by atoms with E-state index in [9.17, 15) is 14.9 Å². The molecule has 0 saturated carbocycles. The molecule has 1 aromatic heterocycles. The number of aryl methyl sites for hydroxylation is 1. The summed E-state index contributed by atoms with van der Waals surface area (Å²) in [6.45, 7) is 1.99. The molecule has 0 spiro atoms. The summed E-state index contributed by atoms with van der Waals surface area (Å²) in [4.78, 5) is 26.8. The summed E-state index contributed by atoms with van der Waals surface area (Å²) in [5, 5.41) is 11.8. The Morgan fingerprint density at radius 2 is 1.86 bits per heavy atom. The van der Waals surface area contributed by atoms with Crippen LogP contribution in [0.25, 0.3) is 10.9 Å². The molecule has 0 fully saturated rings. The smallest absolute Gasteiger partial charge is 0.293 e. The van der Waals surface area contributed by atoms with E-state index >= 15 is 0 Å². The highest BCUT2D eigenvalue weighted by Gasteiger charge is 2.15. The van der Waals surface area contributed by atoms with Gasteiger partial charge in [0.25, 0.3) is 5.69 Å². The van der Waals surface area contributed by atoms with E-state index in [-0.39, 0.29) is 16.8 Å². The normalized spacial score (nSPS) is 10.8. The Morgan fingerprint density at radius 1 is 1.09 bits per heavy atom. The molecule has 110 valence electrons. The maximum absolute atomic E-state index is 11.9. The average molecular weight is 312 g/mol. The Hall–Kier alpha value is -2.60. The summed E-state index contributed by atoms with van der Waals surface area (Å²) in [6, 6.07) is 14.1. The summed E-state index contributed by atoms with van der Waals surface area (Å²) < 4.78 is 0. The molecule has 0 amide bonds. The van der Waals surface area contributed by atoms with E-state index in [4.69, 9.17) is 0 Å². The maximum atomic E-state index is 11.9. The molecule has 1 heterocycles. The van der Waals surface area contributed by atoms with Crippen LogP contribution in [0.4, 0.5) is 5.69 Å². The fraction of sp³-hybridized carbons (Fsp3) is 0.0625. The summed E-state index contributed by atoms with van der Waals surface area (Å²) in [5.74, 6) is 0. The monoisotopic (exact) mass is 312 g/mol. The average Bonchev–Trinajstić information content (AvgIpc) is 2.48. The predicted molar refractivity (Wildman–Crippen MR) is 86.5 cm³/mol. The number of pyridine rings is 1. The molecule has 0 aliphatic heterocycles. The van der Waals surface area contributed by atoms with Crippen molar-refractivity contribution >= 4 is 28.4 Å². The quantitative estimate of drug-likeness (QED) is 0.588. The van der Waals surface area contributed by atoms with Crippen LogP contribution in [0.2, 0.25) is 0 Å². The number of benzene rings is 2. The number of non-ortho nitro benzene ring substituents is 1. The van der Waals surface area contributed by atoms with Crippen molar-refractivity contribution in [3.63, 3.8) is 0 Å². The Morgan fingerprint density at radius 3 is 2.59 bits per heavy atom. The van der Waals surface area contributed by atoms with Gasteiger partial charge in [-0.2, -0.15) is 0 Å². The van der Waals surface area contributed by atoms with Gasteiger partial charge < -0.3 is 4.98 Å². The molecule has 0 radical (unpaired) electrons. The highest BCUT2D eigenvalue weighted by Crippen LogP contribution is 2.35. The van der Waals surface area contributed by atoms with Crippen LogP contribution in [-0.4, -0.2) is 9.91 Å². The van der Waals surface area contributed by atoms with E-state index in [1.165, 1.54) is 23.9 Å². The van der Waals surface area contributed by atoms with Gasteiger partial charge >= 0.3 is 0 Å². The van der Waals surface area contributed by atoms with Crippen LogP contribution in [0.1, 0.15) is 5.56 Å². The number of aromatic nitrogens is 1. The molecular weight excluding hydrogens is 300 g/mol. The van der Waals surface area contributed by atoms with Gasteiger partial charge in [0.2, 0.25) is 5.56 Å². The minimum absolute atomic E-state index is 0.0955. The number of H-pyrrole nitrogens is 1. The highest BCUT2D eigenvalue weighted by molar-refractivity contribution is 7.99. The van der Waals surface area contributed by atoms with Gasteiger partial charge in [-0.3, -0.25) is 14.9 Å². The van der Waals surface area contributed by atoms with E-state index in [1.54, 1.807) is 12.1 Å². The Balaban J connectivity index is 2.22. The summed E-state index contributed by atoms with van der Waals surface area (Å²) in [7, 11) is 0. The number of nitrogens with zero attached hydrogens (tertiary/aromatic N) is 1. The van der Waals surface area contributed by atoms with Crippen molar-refractivity contribution < 1.29 is 4.92 Å². The molecule has 22 heavy (non-hydrogen) atoms. The second-order valence-corrected chi connectivity index (χ2v) is 5.91. The third-order valence-electron chi connectivity index (χ3n) is 3.33. The van der Waals surface area contributed by atoms with Gasteiger partial charge in [-0.1, -0.05) is 42.1 Å². The highest BCUT2D eigenvalue weighted by atomic mass is 32.2. The Kier molecular flexibility index (Phi) is 3.68. The summed E-state index contributed by atoms with van der Waals surface area (Å²) in [5.41, 5.74) is 0.905.